The van der Waals surface area contributed by atoms with E-state index in [0.29, 0.717) is 18.9 Å². The Balaban J connectivity index is 1.62. The SMILES string of the molecule is O=C(c1ccn[nH]1)N1CCC[C@@H]1c1ccc2c(c1)OCCO2. The van der Waals surface area contributed by atoms with E-state index in [1.165, 1.54) is 0 Å². The number of hydrogen-bond donors (Lipinski definition) is 1. The molecule has 22 heavy (non-hydrogen) atoms. The van der Waals surface area contributed by atoms with Crippen LogP contribution < -0.4 is 9.47 Å². The summed E-state index contributed by atoms with van der Waals surface area (Å²) in [4.78, 5) is 14.5. The van der Waals surface area contributed by atoms with Crippen LogP contribution in [0.5, 0.6) is 11.5 Å². The number of rotatable bonds is 2. The molecule has 1 aromatic carbocycles. The predicted molar refractivity (Wildman–Crippen MR) is 79.0 cm³/mol. The Kier molecular flexibility index (Phi) is 3.21. The highest BCUT2D eigenvalue weighted by molar-refractivity contribution is 5.92. The molecule has 0 unspecified atom stereocenters. The molecule has 0 bridgehead atoms. The third kappa shape index (κ3) is 2.20. The second-order valence-corrected chi connectivity index (χ2v) is 5.53. The van der Waals surface area contributed by atoms with E-state index in [-0.39, 0.29) is 11.9 Å². The Labute approximate surface area is 128 Å². The van der Waals surface area contributed by atoms with Crippen LogP contribution in [0.3, 0.4) is 0 Å². The Morgan fingerprint density at radius 2 is 2.09 bits per heavy atom. The van der Waals surface area contributed by atoms with Crippen LogP contribution >= 0.6 is 0 Å². The minimum Gasteiger partial charge on any atom is -0.486 e. The van der Waals surface area contributed by atoms with E-state index in [0.717, 1.165) is 36.4 Å². The van der Waals surface area contributed by atoms with Crippen molar-refractivity contribution < 1.29 is 14.3 Å². The molecule has 4 rings (SSSR count). The van der Waals surface area contributed by atoms with Gasteiger partial charge in [0, 0.05) is 12.7 Å². The van der Waals surface area contributed by atoms with Gasteiger partial charge in [-0.2, -0.15) is 5.10 Å². The molecule has 1 amide bonds. The summed E-state index contributed by atoms with van der Waals surface area (Å²) in [6, 6.07) is 7.74. The summed E-state index contributed by atoms with van der Waals surface area (Å²) in [6.07, 6.45) is 3.56. The number of carbonyl (C=O) groups is 1. The molecule has 0 radical (unpaired) electrons. The van der Waals surface area contributed by atoms with Crippen molar-refractivity contribution in [2.24, 2.45) is 0 Å². The van der Waals surface area contributed by atoms with E-state index in [4.69, 9.17) is 9.47 Å². The summed E-state index contributed by atoms with van der Waals surface area (Å²) >= 11 is 0. The Bertz CT molecular complexity index is 684. The molecule has 6 nitrogen and oxygen atoms in total. The number of fused-ring (bicyclic) bond motifs is 1. The highest BCUT2D eigenvalue weighted by atomic mass is 16.6. The van der Waals surface area contributed by atoms with Crippen LogP contribution in [-0.2, 0) is 0 Å². The fourth-order valence-electron chi connectivity index (χ4n) is 3.15. The van der Waals surface area contributed by atoms with Crippen molar-refractivity contribution in [2.45, 2.75) is 18.9 Å². The Hall–Kier alpha value is -2.50. The number of likely N-dealkylation sites (tertiary alicyclic amines) is 1. The fraction of sp³-hybridized carbons (Fsp3) is 0.375. The highest BCUT2D eigenvalue weighted by Gasteiger charge is 2.31. The first-order chi connectivity index (χ1) is 10.8. The van der Waals surface area contributed by atoms with Crippen LogP contribution in [0.1, 0.15) is 34.9 Å². The highest BCUT2D eigenvalue weighted by Crippen LogP contribution is 2.38. The number of nitrogens with zero attached hydrogens (tertiary/aromatic N) is 2. The summed E-state index contributed by atoms with van der Waals surface area (Å²) in [7, 11) is 0. The lowest BCUT2D eigenvalue weighted by Gasteiger charge is -2.26. The normalized spacial score (nSPS) is 20.2. The van der Waals surface area contributed by atoms with E-state index in [2.05, 4.69) is 10.2 Å². The van der Waals surface area contributed by atoms with Gasteiger partial charge in [-0.05, 0) is 36.6 Å². The molecule has 0 saturated carbocycles. The van der Waals surface area contributed by atoms with Crippen LogP contribution in [0.2, 0.25) is 0 Å². The quantitative estimate of drug-likeness (QED) is 0.922. The molecule has 1 atom stereocenters. The number of ether oxygens (including phenoxy) is 2. The van der Waals surface area contributed by atoms with Gasteiger partial charge in [0.2, 0.25) is 0 Å². The summed E-state index contributed by atoms with van der Waals surface area (Å²) in [5, 5.41) is 6.61. The number of amides is 1. The van der Waals surface area contributed by atoms with Crippen LogP contribution in [0, 0.1) is 0 Å². The minimum atomic E-state index is -0.00473. The Morgan fingerprint density at radius 3 is 2.91 bits per heavy atom. The standard InChI is InChI=1S/C16H17N3O3/c20-16(12-5-6-17-18-12)19-7-1-2-13(19)11-3-4-14-15(10-11)22-9-8-21-14/h3-6,10,13H,1-2,7-9H2,(H,17,18)/t13-/m1/s1. The van der Waals surface area contributed by atoms with Gasteiger partial charge in [-0.15, -0.1) is 0 Å². The van der Waals surface area contributed by atoms with Crippen LogP contribution in [0.15, 0.2) is 30.5 Å². The third-order valence-electron chi connectivity index (χ3n) is 4.20. The van der Waals surface area contributed by atoms with E-state index >= 15 is 0 Å². The number of aromatic amines is 1. The lowest BCUT2D eigenvalue weighted by Crippen LogP contribution is -2.31. The maximum atomic E-state index is 12.6. The van der Waals surface area contributed by atoms with Crippen molar-refractivity contribution in [3.63, 3.8) is 0 Å². The van der Waals surface area contributed by atoms with Crippen molar-refractivity contribution in [2.75, 3.05) is 19.8 Å². The van der Waals surface area contributed by atoms with Gasteiger partial charge in [0.15, 0.2) is 11.5 Å². The molecule has 1 saturated heterocycles. The summed E-state index contributed by atoms with van der Waals surface area (Å²) in [5.74, 6) is 1.54. The maximum absolute atomic E-state index is 12.6. The molecule has 6 heteroatoms. The van der Waals surface area contributed by atoms with Gasteiger partial charge in [-0.1, -0.05) is 6.07 Å². The van der Waals surface area contributed by atoms with Crippen molar-refractivity contribution in [1.82, 2.24) is 15.1 Å². The van der Waals surface area contributed by atoms with Crippen LogP contribution in [0.25, 0.3) is 0 Å². The van der Waals surface area contributed by atoms with Gasteiger partial charge < -0.3 is 14.4 Å². The molecule has 1 N–H and O–H groups in total. The number of nitrogens with one attached hydrogen (secondary N) is 1. The molecule has 0 aliphatic carbocycles. The van der Waals surface area contributed by atoms with Crippen LogP contribution in [0.4, 0.5) is 0 Å². The average molecular weight is 299 g/mol. The molecule has 114 valence electrons. The molecule has 1 fully saturated rings. The van der Waals surface area contributed by atoms with Gasteiger partial charge in [0.05, 0.1) is 6.04 Å². The zero-order valence-electron chi connectivity index (χ0n) is 12.1. The summed E-state index contributed by atoms with van der Waals surface area (Å²) in [5.41, 5.74) is 1.62. The molecular weight excluding hydrogens is 282 g/mol. The lowest BCUT2D eigenvalue weighted by atomic mass is 10.0. The van der Waals surface area contributed by atoms with Gasteiger partial charge in [-0.25, -0.2) is 0 Å². The van der Waals surface area contributed by atoms with E-state index in [1.807, 2.05) is 23.1 Å². The molecule has 1 aromatic heterocycles. The molecular formula is C16H17N3O3. The number of hydrogen-bond acceptors (Lipinski definition) is 4. The Morgan fingerprint density at radius 1 is 1.23 bits per heavy atom. The second kappa shape index (κ2) is 5.36. The first kappa shape index (κ1) is 13.2. The molecule has 2 aromatic rings. The van der Waals surface area contributed by atoms with Gasteiger partial charge >= 0.3 is 0 Å². The van der Waals surface area contributed by atoms with Crippen molar-refractivity contribution >= 4 is 5.91 Å². The number of benzene rings is 1. The lowest BCUT2D eigenvalue weighted by molar-refractivity contribution is 0.0729. The van der Waals surface area contributed by atoms with Crippen molar-refractivity contribution in [1.29, 1.82) is 0 Å². The third-order valence-corrected chi connectivity index (χ3v) is 4.20. The topological polar surface area (TPSA) is 67.5 Å². The summed E-state index contributed by atoms with van der Waals surface area (Å²) in [6.45, 7) is 1.91. The smallest absolute Gasteiger partial charge is 0.272 e. The number of carbonyl (C=O) groups excluding carboxylic acids is 1. The zero-order valence-corrected chi connectivity index (χ0v) is 12.1. The second-order valence-electron chi connectivity index (χ2n) is 5.53. The molecule has 2 aliphatic heterocycles. The van der Waals surface area contributed by atoms with Crippen molar-refractivity contribution in [3.05, 3.63) is 41.7 Å². The average Bonchev–Trinajstić information content (AvgIpc) is 3.25. The van der Waals surface area contributed by atoms with Gasteiger partial charge in [0.25, 0.3) is 5.91 Å². The van der Waals surface area contributed by atoms with E-state index in [9.17, 15) is 4.79 Å². The largest absolute Gasteiger partial charge is 0.486 e. The molecule has 2 aliphatic rings. The van der Waals surface area contributed by atoms with Gasteiger partial charge in [0.1, 0.15) is 18.9 Å². The molecule has 3 heterocycles. The molecule has 0 spiro atoms. The monoisotopic (exact) mass is 299 g/mol. The van der Waals surface area contributed by atoms with E-state index in [1.54, 1.807) is 12.3 Å². The van der Waals surface area contributed by atoms with Gasteiger partial charge in [-0.3, -0.25) is 9.89 Å². The zero-order chi connectivity index (χ0) is 14.9. The maximum Gasteiger partial charge on any atom is 0.272 e. The van der Waals surface area contributed by atoms with Crippen molar-refractivity contribution in [3.8, 4) is 11.5 Å². The first-order valence-electron chi connectivity index (χ1n) is 7.53. The minimum absolute atomic E-state index is 0.00473. The predicted octanol–water partition coefficient (Wildman–Crippen LogP) is 2.16. The number of H-pyrrole nitrogens is 1. The number of aromatic nitrogens is 2. The first-order valence-corrected chi connectivity index (χ1v) is 7.53. The summed E-state index contributed by atoms with van der Waals surface area (Å²) < 4.78 is 11.2. The fourth-order valence-corrected chi connectivity index (χ4v) is 3.15. The van der Waals surface area contributed by atoms with E-state index < -0.39 is 0 Å². The van der Waals surface area contributed by atoms with Crippen LogP contribution in [-0.4, -0.2) is 40.8 Å².